The lowest BCUT2D eigenvalue weighted by Crippen LogP contribution is -2.61. The number of carboxylic acids is 1. The second-order valence-electron chi connectivity index (χ2n) is 9.72. The van der Waals surface area contributed by atoms with Gasteiger partial charge in [0, 0.05) is 5.92 Å². The fraction of sp³-hybridized carbons (Fsp3) is 0.423. The summed E-state index contributed by atoms with van der Waals surface area (Å²) < 4.78 is 11.2. The number of carboxylic acid groups (broad SMARTS) is 1. The molecule has 1 aliphatic carbocycles. The molecule has 1 unspecified atom stereocenters. The Morgan fingerprint density at radius 1 is 1.11 bits per heavy atom. The largest absolute Gasteiger partial charge is 0.480 e. The van der Waals surface area contributed by atoms with E-state index in [0.717, 1.165) is 32.2 Å². The van der Waals surface area contributed by atoms with Crippen LogP contribution in [0.5, 0.6) is 0 Å². The summed E-state index contributed by atoms with van der Waals surface area (Å²) in [5.41, 5.74) is 3.15. The fourth-order valence-corrected chi connectivity index (χ4v) is 5.05. The first-order valence-corrected chi connectivity index (χ1v) is 11.6. The minimum Gasteiger partial charge on any atom is -0.480 e. The average Bonchev–Trinajstić information content (AvgIpc) is 3.31. The van der Waals surface area contributed by atoms with Crippen molar-refractivity contribution >= 4 is 18.0 Å². The van der Waals surface area contributed by atoms with Gasteiger partial charge in [0.05, 0.1) is 6.61 Å². The van der Waals surface area contributed by atoms with Crippen molar-refractivity contribution < 1.29 is 29.0 Å². The zero-order chi connectivity index (χ0) is 25.5. The topological polar surface area (TPSA) is 122 Å². The number of aliphatic carboxylic acids is 1. The number of nitrogens with zero attached hydrogens (tertiary/aromatic N) is 2. The van der Waals surface area contributed by atoms with Crippen LogP contribution in [-0.2, 0) is 19.1 Å². The molecule has 0 spiro atoms. The summed E-state index contributed by atoms with van der Waals surface area (Å²) in [4.78, 5) is 39.4. The molecule has 2 amide bonds. The second-order valence-corrected chi connectivity index (χ2v) is 9.72. The van der Waals surface area contributed by atoms with Gasteiger partial charge in [-0.25, -0.2) is 20.4 Å². The predicted octanol–water partition coefficient (Wildman–Crippen LogP) is 3.18. The third kappa shape index (κ3) is 4.37. The van der Waals surface area contributed by atoms with Crippen molar-refractivity contribution in [1.82, 2.24) is 9.91 Å². The molecule has 4 rings (SSSR count). The molecule has 0 bridgehead atoms. The second kappa shape index (κ2) is 9.31. The maximum atomic E-state index is 13.5. The molecule has 1 fully saturated rings. The SMILES string of the molecule is CC(C)[C@@H](C(=O)N1C(C(=O)O)COC1(C)C)N(N)C(=O)OCC1c2ccccc2-c2ccccc21. The number of benzene rings is 2. The van der Waals surface area contributed by atoms with Crippen molar-refractivity contribution in [3.8, 4) is 11.1 Å². The van der Waals surface area contributed by atoms with Crippen LogP contribution in [0.15, 0.2) is 48.5 Å². The van der Waals surface area contributed by atoms with Crippen LogP contribution < -0.4 is 5.84 Å². The van der Waals surface area contributed by atoms with Crippen LogP contribution in [0.25, 0.3) is 11.1 Å². The molecule has 0 saturated carbocycles. The Hall–Kier alpha value is -3.43. The minimum atomic E-state index is -1.18. The molecule has 186 valence electrons. The number of ether oxygens (including phenoxy) is 2. The van der Waals surface area contributed by atoms with Gasteiger partial charge in [-0.15, -0.1) is 0 Å². The van der Waals surface area contributed by atoms with Gasteiger partial charge in [-0.3, -0.25) is 9.69 Å². The van der Waals surface area contributed by atoms with Crippen molar-refractivity contribution in [3.63, 3.8) is 0 Å². The lowest BCUT2D eigenvalue weighted by atomic mass is 9.98. The van der Waals surface area contributed by atoms with E-state index in [-0.39, 0.29) is 19.1 Å². The first-order valence-electron chi connectivity index (χ1n) is 11.6. The molecule has 0 radical (unpaired) electrons. The molecule has 3 N–H and O–H groups in total. The van der Waals surface area contributed by atoms with E-state index in [0.29, 0.717) is 0 Å². The number of rotatable bonds is 6. The Morgan fingerprint density at radius 3 is 2.17 bits per heavy atom. The molecule has 9 nitrogen and oxygen atoms in total. The van der Waals surface area contributed by atoms with Crippen LogP contribution in [0.4, 0.5) is 4.79 Å². The molecular formula is C26H31N3O6. The summed E-state index contributed by atoms with van der Waals surface area (Å²) in [5.74, 6) is 3.79. The molecule has 2 aromatic carbocycles. The molecule has 2 aromatic rings. The van der Waals surface area contributed by atoms with Crippen LogP contribution >= 0.6 is 0 Å². The highest BCUT2D eigenvalue weighted by molar-refractivity contribution is 5.90. The fourth-order valence-electron chi connectivity index (χ4n) is 5.05. The Kier molecular flexibility index (Phi) is 6.57. The van der Waals surface area contributed by atoms with E-state index in [4.69, 9.17) is 15.3 Å². The Balaban J connectivity index is 1.52. The van der Waals surface area contributed by atoms with Gasteiger partial charge < -0.3 is 14.6 Å². The molecule has 35 heavy (non-hydrogen) atoms. The molecule has 1 aliphatic heterocycles. The monoisotopic (exact) mass is 481 g/mol. The zero-order valence-electron chi connectivity index (χ0n) is 20.3. The number of hydrogen-bond acceptors (Lipinski definition) is 6. The lowest BCUT2D eigenvalue weighted by Gasteiger charge is -2.38. The number of fused-ring (bicyclic) bond motifs is 3. The lowest BCUT2D eigenvalue weighted by molar-refractivity contribution is -0.160. The number of carbonyl (C=O) groups is 3. The van der Waals surface area contributed by atoms with Gasteiger partial charge in [-0.05, 0) is 42.0 Å². The van der Waals surface area contributed by atoms with Gasteiger partial charge in [0.1, 0.15) is 18.4 Å². The van der Waals surface area contributed by atoms with Crippen molar-refractivity contribution in [2.75, 3.05) is 13.2 Å². The highest BCUT2D eigenvalue weighted by atomic mass is 16.6. The summed E-state index contributed by atoms with van der Waals surface area (Å²) in [7, 11) is 0. The van der Waals surface area contributed by atoms with E-state index in [9.17, 15) is 19.5 Å². The highest BCUT2D eigenvalue weighted by Gasteiger charge is 2.50. The third-order valence-corrected chi connectivity index (χ3v) is 6.74. The van der Waals surface area contributed by atoms with Crippen LogP contribution in [0.3, 0.4) is 0 Å². The standard InChI is InChI=1S/C26H31N3O6/c1-15(2)22(23(30)28-21(24(31)32)14-35-26(28,3)4)29(27)25(33)34-13-20-18-11-7-5-9-16(18)17-10-6-8-12-19(17)20/h5-12,15,20-22H,13-14,27H2,1-4H3,(H,31,32)/t21?,22-/m0/s1. The first kappa shape index (κ1) is 24.7. The van der Waals surface area contributed by atoms with Crippen LogP contribution in [0.1, 0.15) is 44.7 Å². The Labute approximate surface area is 204 Å². The number of amides is 2. The summed E-state index contributed by atoms with van der Waals surface area (Å²) in [6.45, 7) is 6.60. The Morgan fingerprint density at radius 2 is 1.66 bits per heavy atom. The van der Waals surface area contributed by atoms with Crippen molar-refractivity contribution in [3.05, 3.63) is 59.7 Å². The van der Waals surface area contributed by atoms with Gasteiger partial charge >= 0.3 is 12.1 Å². The van der Waals surface area contributed by atoms with Crippen molar-refractivity contribution in [2.24, 2.45) is 11.8 Å². The predicted molar refractivity (Wildman–Crippen MR) is 128 cm³/mol. The third-order valence-electron chi connectivity index (χ3n) is 6.74. The summed E-state index contributed by atoms with van der Waals surface area (Å²) in [6.07, 6.45) is -0.858. The maximum absolute atomic E-state index is 13.5. The van der Waals surface area contributed by atoms with Crippen LogP contribution in [-0.4, -0.2) is 64.0 Å². The van der Waals surface area contributed by atoms with E-state index in [1.807, 2.05) is 48.5 Å². The van der Waals surface area contributed by atoms with Gasteiger partial charge in [-0.2, -0.15) is 0 Å². The van der Waals surface area contributed by atoms with E-state index in [2.05, 4.69) is 0 Å². The van der Waals surface area contributed by atoms with Gasteiger partial charge in [0.2, 0.25) is 5.91 Å². The molecule has 1 saturated heterocycles. The van der Waals surface area contributed by atoms with E-state index >= 15 is 0 Å². The number of hydrazine groups is 1. The first-order chi connectivity index (χ1) is 16.5. The summed E-state index contributed by atoms with van der Waals surface area (Å²) in [6, 6.07) is 13.6. The quantitative estimate of drug-likeness (QED) is 0.369. The highest BCUT2D eigenvalue weighted by Crippen LogP contribution is 2.44. The summed E-state index contributed by atoms with van der Waals surface area (Å²) >= 11 is 0. The van der Waals surface area contributed by atoms with Crippen LogP contribution in [0.2, 0.25) is 0 Å². The van der Waals surface area contributed by atoms with E-state index < -0.39 is 41.7 Å². The molecule has 2 atom stereocenters. The van der Waals surface area contributed by atoms with Gasteiger partial charge in [0.25, 0.3) is 0 Å². The van der Waals surface area contributed by atoms with E-state index in [1.165, 1.54) is 0 Å². The normalized spacial score (nSPS) is 19.3. The maximum Gasteiger partial charge on any atom is 0.424 e. The molecule has 2 aliphatic rings. The number of hydrogen-bond donors (Lipinski definition) is 2. The van der Waals surface area contributed by atoms with Gasteiger partial charge in [0.15, 0.2) is 6.04 Å². The smallest absolute Gasteiger partial charge is 0.424 e. The minimum absolute atomic E-state index is 0.0512. The summed E-state index contributed by atoms with van der Waals surface area (Å²) in [5, 5.41) is 10.4. The van der Waals surface area contributed by atoms with E-state index in [1.54, 1.807) is 27.7 Å². The number of nitrogens with two attached hydrogens (primary N) is 1. The van der Waals surface area contributed by atoms with Crippen molar-refractivity contribution in [2.45, 2.75) is 51.4 Å². The molecule has 0 aromatic heterocycles. The molecule has 9 heteroatoms. The van der Waals surface area contributed by atoms with Crippen molar-refractivity contribution in [1.29, 1.82) is 0 Å². The Bertz CT molecular complexity index is 1100. The average molecular weight is 482 g/mol. The van der Waals surface area contributed by atoms with Crippen LogP contribution in [0, 0.1) is 5.92 Å². The zero-order valence-corrected chi connectivity index (χ0v) is 20.3. The van der Waals surface area contributed by atoms with Gasteiger partial charge in [-0.1, -0.05) is 62.4 Å². The number of carbonyl (C=O) groups excluding carboxylic acids is 2. The molecule has 1 heterocycles. The molecular weight excluding hydrogens is 450 g/mol.